The summed E-state index contributed by atoms with van der Waals surface area (Å²) in [5.41, 5.74) is 2.59. The summed E-state index contributed by atoms with van der Waals surface area (Å²) in [6.07, 6.45) is 0. The van der Waals surface area contributed by atoms with E-state index in [1.807, 2.05) is 0 Å². The monoisotopic (exact) mass is 146 g/mol. The molecule has 0 N–H and O–H groups in total. The van der Waals surface area contributed by atoms with E-state index in [1.165, 1.54) is 11.1 Å². The van der Waals surface area contributed by atoms with Gasteiger partial charge in [-0.05, 0) is 12.5 Å². The van der Waals surface area contributed by atoms with Crippen molar-refractivity contribution in [3.63, 3.8) is 0 Å². The van der Waals surface area contributed by atoms with Crippen molar-refractivity contribution < 1.29 is 0 Å². The summed E-state index contributed by atoms with van der Waals surface area (Å²) in [6, 6.07) is 8.40. The predicted octanol–water partition coefficient (Wildman–Crippen LogP) is 1.78. The number of benzene rings is 1. The van der Waals surface area contributed by atoms with Crippen molar-refractivity contribution in [1.82, 2.24) is 0 Å². The fraction of sp³-hybridized carbons (Fsp3) is 0.250. The van der Waals surface area contributed by atoms with E-state index in [2.05, 4.69) is 43.8 Å². The topological polar surface area (TPSA) is 0 Å². The molecule has 1 aromatic rings. The Morgan fingerprint density at radius 2 is 1.70 bits per heavy atom. The zero-order valence-corrected chi connectivity index (χ0v) is 6.36. The molecule has 0 aliphatic rings. The van der Waals surface area contributed by atoms with Crippen LogP contribution in [-0.4, -0.2) is 18.9 Å². The summed E-state index contributed by atoms with van der Waals surface area (Å²) >= 11 is 4.14. The molecule has 0 aliphatic carbocycles. The standard InChI is InChI=1S/C8H10S.Li.H/c1-7-2-4-8(6-9)5-3-7;;/h2-5,9H,6H2,1H3;;. The van der Waals surface area contributed by atoms with Crippen molar-refractivity contribution in [2.24, 2.45) is 0 Å². The van der Waals surface area contributed by atoms with E-state index in [-0.39, 0.29) is 18.9 Å². The van der Waals surface area contributed by atoms with Crippen LogP contribution in [-0.2, 0) is 5.75 Å². The normalized spacial score (nSPS) is 8.60. The summed E-state index contributed by atoms with van der Waals surface area (Å²) in [6.45, 7) is 2.09. The summed E-state index contributed by atoms with van der Waals surface area (Å²) in [4.78, 5) is 0. The number of hydrogen-bond acceptors (Lipinski definition) is 1. The summed E-state index contributed by atoms with van der Waals surface area (Å²) in [7, 11) is 0. The van der Waals surface area contributed by atoms with Gasteiger partial charge in [0, 0.05) is 5.75 Å². The van der Waals surface area contributed by atoms with Crippen LogP contribution in [0.1, 0.15) is 11.1 Å². The molecule has 50 valence electrons. The van der Waals surface area contributed by atoms with Gasteiger partial charge in [-0.15, -0.1) is 0 Å². The average Bonchev–Trinajstić information content (AvgIpc) is 1.90. The summed E-state index contributed by atoms with van der Waals surface area (Å²) in [5.74, 6) is 0.834. The first kappa shape index (κ1) is 10.2. The van der Waals surface area contributed by atoms with Crippen LogP contribution in [0.2, 0.25) is 0 Å². The number of aryl methyl sites for hydroxylation is 1. The minimum absolute atomic E-state index is 0. The van der Waals surface area contributed by atoms with Crippen LogP contribution in [0.4, 0.5) is 0 Å². The number of hydrogen-bond donors (Lipinski definition) is 1. The second-order valence-corrected chi connectivity index (χ2v) is 2.46. The van der Waals surface area contributed by atoms with Crippen LogP contribution in [0.25, 0.3) is 0 Å². The molecular formula is C8H11LiS. The molecule has 0 aliphatic heterocycles. The Kier molecular flexibility index (Phi) is 4.99. The van der Waals surface area contributed by atoms with Gasteiger partial charge in [0.15, 0.2) is 0 Å². The van der Waals surface area contributed by atoms with Gasteiger partial charge in [0.05, 0.1) is 0 Å². The molecule has 0 radical (unpaired) electrons. The van der Waals surface area contributed by atoms with Crippen LogP contribution < -0.4 is 0 Å². The first-order chi connectivity index (χ1) is 4.33. The second-order valence-electron chi connectivity index (χ2n) is 2.14. The Morgan fingerprint density at radius 1 is 1.20 bits per heavy atom. The van der Waals surface area contributed by atoms with Gasteiger partial charge in [0.25, 0.3) is 0 Å². The fourth-order valence-electron chi connectivity index (χ4n) is 0.693. The van der Waals surface area contributed by atoms with E-state index in [9.17, 15) is 0 Å². The average molecular weight is 146 g/mol. The predicted molar refractivity (Wildman–Crippen MR) is 51.0 cm³/mol. The Bertz CT molecular complexity index is 181. The van der Waals surface area contributed by atoms with Crippen LogP contribution in [0.5, 0.6) is 0 Å². The summed E-state index contributed by atoms with van der Waals surface area (Å²) in [5, 5.41) is 0. The molecule has 0 fully saturated rings. The van der Waals surface area contributed by atoms with Gasteiger partial charge in [-0.1, -0.05) is 29.8 Å². The maximum atomic E-state index is 4.14. The molecule has 0 saturated carbocycles. The Morgan fingerprint density at radius 3 is 2.10 bits per heavy atom. The Balaban J connectivity index is 0.000000810. The maximum absolute atomic E-state index is 4.14. The van der Waals surface area contributed by atoms with Crippen molar-refractivity contribution in [3.8, 4) is 0 Å². The van der Waals surface area contributed by atoms with Crippen molar-refractivity contribution in [3.05, 3.63) is 35.4 Å². The SMILES string of the molecule is Cc1ccc(CS)cc1.[LiH]. The van der Waals surface area contributed by atoms with Crippen molar-refractivity contribution in [1.29, 1.82) is 0 Å². The van der Waals surface area contributed by atoms with Gasteiger partial charge in [0.2, 0.25) is 0 Å². The van der Waals surface area contributed by atoms with Crippen LogP contribution in [0, 0.1) is 6.92 Å². The van der Waals surface area contributed by atoms with Crippen LogP contribution in [0.3, 0.4) is 0 Å². The number of rotatable bonds is 1. The van der Waals surface area contributed by atoms with Gasteiger partial charge < -0.3 is 0 Å². The Hall–Kier alpha value is 0.167. The first-order valence-corrected chi connectivity index (χ1v) is 3.62. The van der Waals surface area contributed by atoms with Gasteiger partial charge >= 0.3 is 18.9 Å². The fourth-order valence-corrected chi connectivity index (χ4v) is 0.904. The number of thiol groups is 1. The Labute approximate surface area is 79.6 Å². The molecule has 0 saturated heterocycles. The van der Waals surface area contributed by atoms with Gasteiger partial charge in [-0.3, -0.25) is 0 Å². The molecule has 0 bridgehead atoms. The third-order valence-electron chi connectivity index (χ3n) is 1.30. The third-order valence-corrected chi connectivity index (χ3v) is 1.67. The zero-order chi connectivity index (χ0) is 6.69. The molecule has 0 unspecified atom stereocenters. The van der Waals surface area contributed by atoms with Crippen molar-refractivity contribution >= 4 is 31.5 Å². The molecule has 0 spiro atoms. The molecule has 1 aromatic carbocycles. The first-order valence-electron chi connectivity index (χ1n) is 2.99. The van der Waals surface area contributed by atoms with Gasteiger partial charge in [-0.25, -0.2) is 0 Å². The second kappa shape index (κ2) is 4.90. The molecular weight excluding hydrogens is 135 g/mol. The molecule has 10 heavy (non-hydrogen) atoms. The van der Waals surface area contributed by atoms with E-state index in [0.29, 0.717) is 0 Å². The van der Waals surface area contributed by atoms with Crippen LogP contribution in [0.15, 0.2) is 24.3 Å². The van der Waals surface area contributed by atoms with E-state index < -0.39 is 0 Å². The molecule has 0 atom stereocenters. The van der Waals surface area contributed by atoms with Gasteiger partial charge in [0.1, 0.15) is 0 Å². The van der Waals surface area contributed by atoms with Crippen molar-refractivity contribution in [2.75, 3.05) is 0 Å². The molecule has 0 nitrogen and oxygen atoms in total. The summed E-state index contributed by atoms with van der Waals surface area (Å²) < 4.78 is 0. The minimum atomic E-state index is 0. The zero-order valence-electron chi connectivity index (χ0n) is 5.46. The molecule has 0 heterocycles. The molecule has 0 aromatic heterocycles. The molecule has 2 heteroatoms. The molecule has 1 rings (SSSR count). The van der Waals surface area contributed by atoms with Crippen LogP contribution >= 0.6 is 12.6 Å². The molecule has 0 amide bonds. The van der Waals surface area contributed by atoms with E-state index >= 15 is 0 Å². The van der Waals surface area contributed by atoms with E-state index in [0.717, 1.165) is 5.75 Å². The quantitative estimate of drug-likeness (QED) is 0.453. The van der Waals surface area contributed by atoms with Crippen molar-refractivity contribution in [2.45, 2.75) is 12.7 Å². The third kappa shape index (κ3) is 2.83. The van der Waals surface area contributed by atoms with E-state index in [1.54, 1.807) is 0 Å². The van der Waals surface area contributed by atoms with E-state index in [4.69, 9.17) is 0 Å². The van der Waals surface area contributed by atoms with Gasteiger partial charge in [-0.2, -0.15) is 12.6 Å².